The van der Waals surface area contributed by atoms with E-state index in [1.807, 2.05) is 31.2 Å². The van der Waals surface area contributed by atoms with Gasteiger partial charge in [-0.2, -0.15) is 0 Å². The number of thiazole rings is 1. The number of anilines is 1. The molecule has 0 spiro atoms. The summed E-state index contributed by atoms with van der Waals surface area (Å²) < 4.78 is 10.9. The molecule has 0 radical (unpaired) electrons. The van der Waals surface area contributed by atoms with Gasteiger partial charge in [-0.1, -0.05) is 12.1 Å². The van der Waals surface area contributed by atoms with Crippen molar-refractivity contribution in [2.24, 2.45) is 0 Å². The molecule has 1 amide bonds. The summed E-state index contributed by atoms with van der Waals surface area (Å²) in [5, 5.41) is 5.62. The van der Waals surface area contributed by atoms with E-state index < -0.39 is 0 Å². The number of aromatic nitrogens is 1. The highest BCUT2D eigenvalue weighted by Gasteiger charge is 2.16. The molecule has 2 heterocycles. The van der Waals surface area contributed by atoms with E-state index in [0.29, 0.717) is 23.7 Å². The van der Waals surface area contributed by atoms with Crippen molar-refractivity contribution < 1.29 is 14.3 Å². The van der Waals surface area contributed by atoms with Crippen molar-refractivity contribution in [3.05, 3.63) is 40.3 Å². The Morgan fingerprint density at radius 1 is 1.38 bits per heavy atom. The number of para-hydroxylation sites is 2. The second-order valence-corrected chi connectivity index (χ2v) is 6.34. The Kier molecular flexibility index (Phi) is 5.79. The number of hydrogen-bond acceptors (Lipinski definition) is 6. The van der Waals surface area contributed by atoms with Crippen LogP contribution in [0.3, 0.4) is 0 Å². The van der Waals surface area contributed by atoms with Crippen LogP contribution in [0.2, 0.25) is 0 Å². The average Bonchev–Trinajstić information content (AvgIpc) is 3.06. The minimum absolute atomic E-state index is 0.216. The van der Waals surface area contributed by atoms with E-state index in [-0.39, 0.29) is 5.91 Å². The maximum Gasteiger partial charge on any atom is 0.275 e. The molecule has 1 N–H and O–H groups in total. The summed E-state index contributed by atoms with van der Waals surface area (Å²) in [5.41, 5.74) is 1.10. The van der Waals surface area contributed by atoms with Crippen LogP contribution in [0.1, 0.15) is 22.4 Å². The molecule has 0 atom stereocenters. The molecule has 128 valence electrons. The number of rotatable bonds is 6. The van der Waals surface area contributed by atoms with Crippen molar-refractivity contribution in [3.63, 3.8) is 0 Å². The minimum Gasteiger partial charge on any atom is -0.492 e. The average molecular weight is 347 g/mol. The highest BCUT2D eigenvalue weighted by molar-refractivity contribution is 7.09. The van der Waals surface area contributed by atoms with E-state index in [1.165, 1.54) is 11.3 Å². The van der Waals surface area contributed by atoms with Crippen molar-refractivity contribution in [3.8, 4) is 5.75 Å². The standard InChI is InChI=1S/C17H21N3O3S/c1-2-23-15-6-4-3-5-13(15)19-17(21)14-12-24-16(18-14)11-20-7-9-22-10-8-20/h3-6,12H,2,7-11H2,1H3,(H,19,21). The monoisotopic (exact) mass is 347 g/mol. The molecule has 0 bridgehead atoms. The molecule has 7 heteroatoms. The van der Waals surface area contributed by atoms with Gasteiger partial charge in [-0.3, -0.25) is 9.69 Å². The topological polar surface area (TPSA) is 63.7 Å². The Morgan fingerprint density at radius 3 is 2.96 bits per heavy atom. The Labute approximate surface area is 145 Å². The lowest BCUT2D eigenvalue weighted by molar-refractivity contribution is 0.0341. The van der Waals surface area contributed by atoms with Gasteiger partial charge in [-0.15, -0.1) is 11.3 Å². The molecular weight excluding hydrogens is 326 g/mol. The molecule has 1 fully saturated rings. The van der Waals surface area contributed by atoms with E-state index in [4.69, 9.17) is 9.47 Å². The summed E-state index contributed by atoms with van der Waals surface area (Å²) in [6.07, 6.45) is 0. The number of carbonyl (C=O) groups excluding carboxylic acids is 1. The summed E-state index contributed by atoms with van der Waals surface area (Å²) in [6.45, 7) is 6.55. The number of ether oxygens (including phenoxy) is 2. The van der Waals surface area contributed by atoms with Crippen LogP contribution >= 0.6 is 11.3 Å². The first-order valence-electron chi connectivity index (χ1n) is 8.04. The Hall–Kier alpha value is -1.96. The molecular formula is C17H21N3O3S. The van der Waals surface area contributed by atoms with E-state index >= 15 is 0 Å². The van der Waals surface area contributed by atoms with Gasteiger partial charge in [-0.25, -0.2) is 4.98 Å². The lowest BCUT2D eigenvalue weighted by Gasteiger charge is -2.25. The van der Waals surface area contributed by atoms with Gasteiger partial charge in [0.25, 0.3) is 5.91 Å². The zero-order valence-corrected chi connectivity index (χ0v) is 14.5. The van der Waals surface area contributed by atoms with E-state index in [9.17, 15) is 4.79 Å². The summed E-state index contributed by atoms with van der Waals surface area (Å²) in [5.74, 6) is 0.448. The highest BCUT2D eigenvalue weighted by atomic mass is 32.1. The smallest absolute Gasteiger partial charge is 0.275 e. The maximum atomic E-state index is 12.4. The maximum absolute atomic E-state index is 12.4. The van der Waals surface area contributed by atoms with Gasteiger partial charge in [0.2, 0.25) is 0 Å². The summed E-state index contributed by atoms with van der Waals surface area (Å²) in [4.78, 5) is 19.2. The zero-order chi connectivity index (χ0) is 16.8. The summed E-state index contributed by atoms with van der Waals surface area (Å²) in [7, 11) is 0. The highest BCUT2D eigenvalue weighted by Crippen LogP contribution is 2.24. The first-order valence-corrected chi connectivity index (χ1v) is 8.92. The van der Waals surface area contributed by atoms with E-state index in [2.05, 4.69) is 15.2 Å². The molecule has 1 aliphatic heterocycles. The van der Waals surface area contributed by atoms with Crippen LogP contribution in [0, 0.1) is 0 Å². The van der Waals surface area contributed by atoms with E-state index in [1.54, 1.807) is 5.38 Å². The molecule has 3 rings (SSSR count). The number of amides is 1. The fourth-order valence-corrected chi connectivity index (χ4v) is 3.29. The fourth-order valence-electron chi connectivity index (χ4n) is 2.48. The molecule has 1 aromatic carbocycles. The fraction of sp³-hybridized carbons (Fsp3) is 0.412. The molecule has 1 aliphatic rings. The van der Waals surface area contributed by atoms with Gasteiger partial charge in [-0.05, 0) is 19.1 Å². The number of nitrogens with one attached hydrogen (secondary N) is 1. The van der Waals surface area contributed by atoms with E-state index in [0.717, 1.165) is 37.9 Å². The first-order chi connectivity index (χ1) is 11.8. The molecule has 0 saturated carbocycles. The molecule has 1 saturated heterocycles. The van der Waals surface area contributed by atoms with Crippen LogP contribution in [0.4, 0.5) is 5.69 Å². The predicted octanol–water partition coefficient (Wildman–Crippen LogP) is 2.63. The van der Waals surface area contributed by atoms with Gasteiger partial charge in [0, 0.05) is 18.5 Å². The van der Waals surface area contributed by atoms with Gasteiger partial charge in [0.1, 0.15) is 16.5 Å². The zero-order valence-electron chi connectivity index (χ0n) is 13.7. The lowest BCUT2D eigenvalue weighted by Crippen LogP contribution is -2.35. The molecule has 6 nitrogen and oxygen atoms in total. The third kappa shape index (κ3) is 4.31. The SMILES string of the molecule is CCOc1ccccc1NC(=O)c1csc(CN2CCOCC2)n1. The number of morpholine rings is 1. The summed E-state index contributed by atoms with van der Waals surface area (Å²) in [6, 6.07) is 7.40. The largest absolute Gasteiger partial charge is 0.492 e. The minimum atomic E-state index is -0.216. The van der Waals surface area contributed by atoms with Crippen molar-refractivity contribution in [2.45, 2.75) is 13.5 Å². The number of hydrogen-bond donors (Lipinski definition) is 1. The number of nitrogens with zero attached hydrogens (tertiary/aromatic N) is 2. The molecule has 2 aromatic rings. The second-order valence-electron chi connectivity index (χ2n) is 5.40. The van der Waals surface area contributed by atoms with Crippen LogP contribution in [-0.4, -0.2) is 48.7 Å². The Morgan fingerprint density at radius 2 is 2.17 bits per heavy atom. The van der Waals surface area contributed by atoms with Crippen LogP contribution in [-0.2, 0) is 11.3 Å². The first kappa shape index (κ1) is 16.9. The van der Waals surface area contributed by atoms with Gasteiger partial charge in [0.15, 0.2) is 0 Å². The molecule has 1 aromatic heterocycles. The van der Waals surface area contributed by atoms with Crippen LogP contribution < -0.4 is 10.1 Å². The third-order valence-electron chi connectivity index (χ3n) is 3.68. The second kappa shape index (κ2) is 8.23. The van der Waals surface area contributed by atoms with Crippen molar-refractivity contribution in [1.82, 2.24) is 9.88 Å². The third-order valence-corrected chi connectivity index (χ3v) is 4.52. The Balaban J connectivity index is 1.63. The van der Waals surface area contributed by atoms with Crippen molar-refractivity contribution in [2.75, 3.05) is 38.2 Å². The van der Waals surface area contributed by atoms with Crippen LogP contribution in [0.15, 0.2) is 29.6 Å². The molecule has 24 heavy (non-hydrogen) atoms. The van der Waals surface area contributed by atoms with Crippen LogP contribution in [0.5, 0.6) is 5.75 Å². The molecule has 0 unspecified atom stereocenters. The summed E-state index contributed by atoms with van der Waals surface area (Å²) >= 11 is 1.51. The molecule has 0 aliphatic carbocycles. The van der Waals surface area contributed by atoms with Crippen molar-refractivity contribution in [1.29, 1.82) is 0 Å². The quantitative estimate of drug-likeness (QED) is 0.870. The normalized spacial score (nSPS) is 15.2. The predicted molar refractivity (Wildman–Crippen MR) is 93.8 cm³/mol. The van der Waals surface area contributed by atoms with Gasteiger partial charge in [0.05, 0.1) is 32.1 Å². The Bertz CT molecular complexity index is 683. The number of carbonyl (C=O) groups is 1. The number of benzene rings is 1. The van der Waals surface area contributed by atoms with Crippen LogP contribution in [0.25, 0.3) is 0 Å². The van der Waals surface area contributed by atoms with Crippen molar-refractivity contribution >= 4 is 22.9 Å². The van der Waals surface area contributed by atoms with Gasteiger partial charge >= 0.3 is 0 Å². The van der Waals surface area contributed by atoms with Gasteiger partial charge < -0.3 is 14.8 Å². The lowest BCUT2D eigenvalue weighted by atomic mass is 10.3.